The second-order valence-electron chi connectivity index (χ2n) is 3.52. The maximum absolute atomic E-state index is 11.4. The minimum Gasteiger partial charge on any atom is -0.872 e. The summed E-state index contributed by atoms with van der Waals surface area (Å²) >= 11 is 0. The van der Waals surface area contributed by atoms with Gasteiger partial charge in [-0.15, -0.1) is 0 Å². The number of rotatable bonds is 2. The molecule has 0 aliphatic heterocycles. The Balaban J connectivity index is 0.00000162. The normalized spacial score (nSPS) is 9.72. The van der Waals surface area contributed by atoms with Crippen LogP contribution in [-0.2, 0) is 0 Å². The van der Waals surface area contributed by atoms with Crippen molar-refractivity contribution in [2.24, 2.45) is 0 Å². The minimum atomic E-state index is -0.0198. The fourth-order valence-electron chi connectivity index (χ4n) is 1.40. The summed E-state index contributed by atoms with van der Waals surface area (Å²) in [6, 6.07) is 15.9. The van der Waals surface area contributed by atoms with E-state index < -0.39 is 0 Å². The molecule has 0 amide bonds. The molecule has 0 aliphatic carbocycles. The summed E-state index contributed by atoms with van der Waals surface area (Å²) < 4.78 is 0. The first-order valence-electron chi connectivity index (χ1n) is 5.15. The van der Waals surface area contributed by atoms with Crippen molar-refractivity contribution in [3.63, 3.8) is 0 Å². The van der Waals surface area contributed by atoms with Gasteiger partial charge in [0.1, 0.15) is 0 Å². The van der Waals surface area contributed by atoms with E-state index in [-0.39, 0.29) is 57.1 Å². The summed E-state index contributed by atoms with van der Waals surface area (Å²) in [5.74, 6) is -0.0198. The Labute approximate surface area is 148 Å². The number of para-hydroxylation sites is 1. The van der Waals surface area contributed by atoms with Crippen LogP contribution in [0.4, 0.5) is 5.69 Å². The molecule has 0 aromatic heterocycles. The molecular formula is C14H10KN2O+. The van der Waals surface area contributed by atoms with Crippen molar-refractivity contribution in [3.8, 4) is 11.8 Å². The van der Waals surface area contributed by atoms with E-state index in [0.29, 0.717) is 11.1 Å². The molecule has 2 aromatic rings. The van der Waals surface area contributed by atoms with E-state index in [4.69, 9.17) is 5.26 Å². The van der Waals surface area contributed by atoms with Crippen LogP contribution >= 0.6 is 0 Å². The molecule has 0 spiro atoms. The second-order valence-corrected chi connectivity index (χ2v) is 3.52. The van der Waals surface area contributed by atoms with Crippen LogP contribution in [0.2, 0.25) is 0 Å². The molecule has 2 rings (SSSR count). The van der Waals surface area contributed by atoms with Crippen molar-refractivity contribution in [2.45, 2.75) is 0 Å². The average Bonchev–Trinajstić information content (AvgIpc) is 2.38. The van der Waals surface area contributed by atoms with Crippen LogP contribution in [0.3, 0.4) is 0 Å². The van der Waals surface area contributed by atoms with E-state index >= 15 is 0 Å². The second kappa shape index (κ2) is 7.47. The molecular weight excluding hydrogens is 251 g/mol. The summed E-state index contributed by atoms with van der Waals surface area (Å²) in [5, 5.41) is 20.1. The van der Waals surface area contributed by atoms with Crippen LogP contribution in [-0.4, -0.2) is 6.21 Å². The Morgan fingerprint density at radius 1 is 1.06 bits per heavy atom. The molecule has 1 N–H and O–H groups in total. The van der Waals surface area contributed by atoms with Crippen molar-refractivity contribution in [1.82, 2.24) is 0 Å². The minimum absolute atomic E-state index is 0. The predicted molar refractivity (Wildman–Crippen MR) is 62.8 cm³/mol. The van der Waals surface area contributed by atoms with Gasteiger partial charge in [0.2, 0.25) is 5.69 Å². The van der Waals surface area contributed by atoms with Gasteiger partial charge in [0.05, 0.1) is 11.6 Å². The fourth-order valence-corrected chi connectivity index (χ4v) is 1.40. The van der Waals surface area contributed by atoms with Crippen molar-refractivity contribution < 1.29 is 61.5 Å². The molecule has 0 saturated heterocycles. The van der Waals surface area contributed by atoms with E-state index in [2.05, 4.69) is 4.99 Å². The molecule has 0 radical (unpaired) electrons. The molecule has 2 aromatic carbocycles. The standard InChI is InChI=1S/C14H10N2O.K/c15-9-11-5-7-13(8-6-11)16-10-12-3-1-2-4-14(12)17;/h1-8,10,17H;/q;+1. The maximum atomic E-state index is 11.4. The van der Waals surface area contributed by atoms with Gasteiger partial charge in [-0.1, -0.05) is 23.9 Å². The first-order valence-corrected chi connectivity index (χ1v) is 5.15. The summed E-state index contributed by atoms with van der Waals surface area (Å²) in [7, 11) is 0. The fraction of sp³-hybridized carbons (Fsp3) is 0. The zero-order valence-electron chi connectivity index (χ0n) is 10.1. The molecule has 0 unspecified atom stereocenters. The summed E-state index contributed by atoms with van der Waals surface area (Å²) in [6.07, 6.45) is 1.66. The molecule has 18 heavy (non-hydrogen) atoms. The van der Waals surface area contributed by atoms with Crippen LogP contribution in [0.15, 0.2) is 48.5 Å². The first kappa shape index (κ1) is 15.1. The van der Waals surface area contributed by atoms with Gasteiger partial charge in [-0.3, -0.25) is 0 Å². The quantitative estimate of drug-likeness (QED) is 0.479. The van der Waals surface area contributed by atoms with Crippen LogP contribution < -0.4 is 61.5 Å². The van der Waals surface area contributed by atoms with E-state index in [0.717, 1.165) is 5.69 Å². The van der Waals surface area contributed by atoms with Crippen LogP contribution in [0.5, 0.6) is 5.75 Å². The third kappa shape index (κ3) is 4.05. The third-order valence-electron chi connectivity index (χ3n) is 2.33. The zero-order valence-corrected chi connectivity index (χ0v) is 13.2. The van der Waals surface area contributed by atoms with Crippen molar-refractivity contribution in [2.75, 3.05) is 0 Å². The average molecular weight is 261 g/mol. The van der Waals surface area contributed by atoms with Crippen LogP contribution in [0, 0.1) is 11.3 Å². The van der Waals surface area contributed by atoms with E-state index in [9.17, 15) is 5.11 Å². The molecule has 3 nitrogen and oxygen atoms in total. The van der Waals surface area contributed by atoms with Gasteiger partial charge < -0.3 is 5.11 Å². The van der Waals surface area contributed by atoms with Crippen LogP contribution in [0.25, 0.3) is 0 Å². The number of hydrogen-bond acceptors (Lipinski definition) is 2. The van der Waals surface area contributed by atoms with E-state index in [1.54, 1.807) is 42.6 Å². The number of nitrogens with zero attached hydrogens (tertiary/aromatic N) is 1. The van der Waals surface area contributed by atoms with Gasteiger partial charge in [0, 0.05) is 17.7 Å². The Bertz CT molecular complexity index is 585. The zero-order chi connectivity index (χ0) is 12.1. The third-order valence-corrected chi connectivity index (χ3v) is 2.33. The van der Waals surface area contributed by atoms with E-state index in [1.807, 2.05) is 12.1 Å². The molecule has 82 valence electrons. The topological polar surface area (TPSA) is 60.8 Å². The molecule has 0 heterocycles. The summed E-state index contributed by atoms with van der Waals surface area (Å²) in [5.41, 5.74) is 2.06. The predicted octanol–water partition coefficient (Wildman–Crippen LogP) is -2.53. The molecule has 4 heteroatoms. The molecule has 0 aliphatic rings. The number of nitrogens with one attached hydrogen (secondary N) is 1. The molecule has 0 bridgehead atoms. The van der Waals surface area contributed by atoms with Crippen molar-refractivity contribution in [1.29, 1.82) is 5.26 Å². The van der Waals surface area contributed by atoms with Gasteiger partial charge in [0.15, 0.2) is 6.21 Å². The smallest absolute Gasteiger partial charge is 0.872 e. The van der Waals surface area contributed by atoms with Crippen molar-refractivity contribution >= 4 is 11.9 Å². The number of nitriles is 1. The molecule has 0 fully saturated rings. The summed E-state index contributed by atoms with van der Waals surface area (Å²) in [4.78, 5) is 3.02. The van der Waals surface area contributed by atoms with Crippen molar-refractivity contribution in [3.05, 3.63) is 59.7 Å². The largest absolute Gasteiger partial charge is 1.00 e. The summed E-state index contributed by atoms with van der Waals surface area (Å²) in [6.45, 7) is 0. The van der Waals surface area contributed by atoms with Gasteiger partial charge >= 0.3 is 51.4 Å². The van der Waals surface area contributed by atoms with Crippen LogP contribution in [0.1, 0.15) is 11.1 Å². The van der Waals surface area contributed by atoms with Gasteiger partial charge in [-0.05, 0) is 18.2 Å². The SMILES string of the molecule is N#Cc1ccc([NH+]=Cc2ccccc2[O-])cc1.[K+]. The Hall–Kier alpha value is -0.964. The van der Waals surface area contributed by atoms with Gasteiger partial charge in [0.25, 0.3) is 0 Å². The molecule has 0 atom stereocenters. The van der Waals surface area contributed by atoms with Gasteiger partial charge in [-0.2, -0.15) is 5.26 Å². The number of hydrogen-bond donors (Lipinski definition) is 1. The Kier molecular flexibility index (Phi) is 6.26. The first-order chi connectivity index (χ1) is 8.29. The maximum Gasteiger partial charge on any atom is 1.00 e. The Morgan fingerprint density at radius 2 is 1.72 bits per heavy atom. The molecule has 0 saturated carbocycles. The monoisotopic (exact) mass is 261 g/mol. The van der Waals surface area contributed by atoms with E-state index in [1.165, 1.54) is 6.07 Å². The Morgan fingerprint density at radius 3 is 2.33 bits per heavy atom. The number of benzene rings is 2. The van der Waals surface area contributed by atoms with Gasteiger partial charge in [-0.25, -0.2) is 4.99 Å².